The van der Waals surface area contributed by atoms with Crippen molar-refractivity contribution in [2.24, 2.45) is 0 Å². The van der Waals surface area contributed by atoms with Gasteiger partial charge in [-0.1, -0.05) is 108 Å². The number of ether oxygens (including phenoxy) is 1. The monoisotopic (exact) mass is 467 g/mol. The van der Waals surface area contributed by atoms with Gasteiger partial charge in [-0.2, -0.15) is 0 Å². The minimum absolute atomic E-state index is 0.000916. The molecule has 1 aliphatic rings. The molecule has 0 aliphatic carbocycles. The minimum atomic E-state index is -2.25. The molecule has 4 nitrogen and oxygen atoms in total. The molecular formula is C28H41NO3Si. The number of carbonyl (C=O) groups excluding carboxylic acids is 1. The SMILES string of the molecule is CCCCCC[C@@]1(O[Si](C)(C)C(C)(C)C)O[C@@H](c2ccccc2)C(=O)N1Cc1ccccc1. The molecule has 0 bridgehead atoms. The van der Waals surface area contributed by atoms with Crippen LogP contribution in [0.15, 0.2) is 60.7 Å². The van der Waals surface area contributed by atoms with Crippen LogP contribution in [-0.2, 0) is 20.5 Å². The molecule has 0 aromatic heterocycles. The highest BCUT2D eigenvalue weighted by molar-refractivity contribution is 6.74. The minimum Gasteiger partial charge on any atom is -0.374 e. The van der Waals surface area contributed by atoms with Crippen LogP contribution in [0.3, 0.4) is 0 Å². The zero-order valence-corrected chi connectivity index (χ0v) is 22.3. The number of carbonyl (C=O) groups is 1. The van der Waals surface area contributed by atoms with E-state index in [0.717, 1.165) is 30.4 Å². The highest BCUT2D eigenvalue weighted by Gasteiger charge is 2.57. The third-order valence-corrected chi connectivity index (χ3v) is 11.5. The zero-order valence-electron chi connectivity index (χ0n) is 21.3. The smallest absolute Gasteiger partial charge is 0.260 e. The third kappa shape index (κ3) is 5.95. The Morgan fingerprint density at radius 2 is 1.58 bits per heavy atom. The fourth-order valence-electron chi connectivity index (χ4n) is 4.06. The summed E-state index contributed by atoms with van der Waals surface area (Å²) in [6, 6.07) is 20.0. The summed E-state index contributed by atoms with van der Waals surface area (Å²) in [6.45, 7) is 13.9. The van der Waals surface area contributed by atoms with Gasteiger partial charge in [0.1, 0.15) is 0 Å². The van der Waals surface area contributed by atoms with Gasteiger partial charge in [-0.15, -0.1) is 0 Å². The molecule has 1 fully saturated rings. The van der Waals surface area contributed by atoms with E-state index >= 15 is 0 Å². The van der Waals surface area contributed by atoms with Crippen LogP contribution in [0.4, 0.5) is 0 Å². The van der Waals surface area contributed by atoms with E-state index in [-0.39, 0.29) is 10.9 Å². The number of nitrogens with zero attached hydrogens (tertiary/aromatic N) is 1. The molecule has 0 saturated carbocycles. The van der Waals surface area contributed by atoms with Gasteiger partial charge in [0.25, 0.3) is 5.91 Å². The number of benzene rings is 2. The Morgan fingerprint density at radius 3 is 2.15 bits per heavy atom. The van der Waals surface area contributed by atoms with E-state index in [1.165, 1.54) is 6.42 Å². The molecule has 0 N–H and O–H groups in total. The topological polar surface area (TPSA) is 38.8 Å². The summed E-state index contributed by atoms with van der Waals surface area (Å²) >= 11 is 0. The van der Waals surface area contributed by atoms with Crippen LogP contribution in [0.5, 0.6) is 0 Å². The van der Waals surface area contributed by atoms with Crippen molar-refractivity contribution in [2.45, 2.75) is 96.5 Å². The van der Waals surface area contributed by atoms with Gasteiger partial charge >= 0.3 is 0 Å². The third-order valence-electron chi connectivity index (χ3n) is 7.06. The Balaban J connectivity index is 2.04. The number of unbranched alkanes of at least 4 members (excludes halogenated alkanes) is 3. The lowest BCUT2D eigenvalue weighted by Gasteiger charge is -2.46. The molecule has 1 heterocycles. The van der Waals surface area contributed by atoms with E-state index in [2.05, 4.69) is 52.9 Å². The fourth-order valence-corrected chi connectivity index (χ4v) is 5.43. The quantitative estimate of drug-likeness (QED) is 0.269. The van der Waals surface area contributed by atoms with Crippen molar-refractivity contribution < 1.29 is 14.0 Å². The molecule has 2 aromatic rings. The Labute approximate surface area is 201 Å². The first-order valence-corrected chi connectivity index (χ1v) is 15.3. The van der Waals surface area contributed by atoms with Crippen molar-refractivity contribution in [1.29, 1.82) is 0 Å². The van der Waals surface area contributed by atoms with Crippen LogP contribution in [0.1, 0.15) is 77.0 Å². The van der Waals surface area contributed by atoms with Crippen molar-refractivity contribution in [3.63, 3.8) is 0 Å². The predicted molar refractivity (Wildman–Crippen MR) is 137 cm³/mol. The molecule has 5 heteroatoms. The van der Waals surface area contributed by atoms with E-state index in [9.17, 15) is 4.79 Å². The Hall–Kier alpha value is -1.95. The van der Waals surface area contributed by atoms with Crippen molar-refractivity contribution in [1.82, 2.24) is 4.90 Å². The van der Waals surface area contributed by atoms with Crippen LogP contribution in [0.25, 0.3) is 0 Å². The molecule has 2 atom stereocenters. The highest BCUT2D eigenvalue weighted by Crippen LogP contribution is 2.47. The standard InChI is InChI=1S/C28H41NO3Si/c1-7-8-9-16-21-28(32-33(5,6)27(2,3)4)29(22-23-17-12-10-13-18-23)26(30)25(31-28)24-19-14-11-15-20-24/h10-15,17-20,25H,7-9,16,21-22H2,1-6H3/t25-,28-/m0/s1. The summed E-state index contributed by atoms with van der Waals surface area (Å²) in [5, 5.41) is -0.000916. The van der Waals surface area contributed by atoms with Gasteiger partial charge in [-0.25, -0.2) is 0 Å². The molecule has 1 saturated heterocycles. The summed E-state index contributed by atoms with van der Waals surface area (Å²) in [5.74, 6) is -1.07. The van der Waals surface area contributed by atoms with Gasteiger partial charge in [0, 0.05) is 6.42 Å². The van der Waals surface area contributed by atoms with Gasteiger partial charge in [0.15, 0.2) is 14.4 Å². The number of hydrogen-bond acceptors (Lipinski definition) is 3. The molecule has 33 heavy (non-hydrogen) atoms. The molecule has 0 spiro atoms. The lowest BCUT2D eigenvalue weighted by Crippen LogP contribution is -2.57. The largest absolute Gasteiger partial charge is 0.374 e. The molecule has 1 amide bonds. The second-order valence-corrected chi connectivity index (χ2v) is 15.4. The Morgan fingerprint density at radius 1 is 0.970 bits per heavy atom. The predicted octanol–water partition coefficient (Wildman–Crippen LogP) is 7.43. The van der Waals surface area contributed by atoms with Crippen LogP contribution in [0.2, 0.25) is 18.1 Å². The zero-order chi connectivity index (χ0) is 24.1. The van der Waals surface area contributed by atoms with Crippen molar-refractivity contribution in [3.8, 4) is 0 Å². The second kappa shape index (κ2) is 10.5. The van der Waals surface area contributed by atoms with Gasteiger partial charge in [0.2, 0.25) is 5.91 Å². The van der Waals surface area contributed by atoms with Crippen molar-refractivity contribution >= 4 is 14.2 Å². The molecule has 3 rings (SSSR count). The van der Waals surface area contributed by atoms with Gasteiger partial charge in [-0.3, -0.25) is 9.69 Å². The number of amides is 1. The molecule has 2 aromatic carbocycles. The second-order valence-electron chi connectivity index (χ2n) is 10.7. The first-order valence-electron chi connectivity index (χ1n) is 12.4. The van der Waals surface area contributed by atoms with Crippen LogP contribution < -0.4 is 0 Å². The maximum Gasteiger partial charge on any atom is 0.260 e. The Bertz CT molecular complexity index is 894. The molecule has 0 radical (unpaired) electrons. The summed E-state index contributed by atoms with van der Waals surface area (Å²) in [7, 11) is -2.25. The first-order chi connectivity index (χ1) is 15.6. The van der Waals surface area contributed by atoms with Gasteiger partial charge in [0.05, 0.1) is 6.54 Å². The Kier molecular flexibility index (Phi) is 8.20. The molecular weight excluding hydrogens is 426 g/mol. The van der Waals surface area contributed by atoms with E-state index in [4.69, 9.17) is 9.16 Å². The van der Waals surface area contributed by atoms with E-state index in [1.807, 2.05) is 53.4 Å². The summed E-state index contributed by atoms with van der Waals surface area (Å²) in [5.41, 5.74) is 1.97. The van der Waals surface area contributed by atoms with Crippen LogP contribution in [0, 0.1) is 0 Å². The van der Waals surface area contributed by atoms with Gasteiger partial charge in [-0.05, 0) is 35.7 Å². The molecule has 0 unspecified atom stereocenters. The summed E-state index contributed by atoms with van der Waals surface area (Å²) in [6.07, 6.45) is 4.43. The summed E-state index contributed by atoms with van der Waals surface area (Å²) < 4.78 is 13.8. The lowest BCUT2D eigenvalue weighted by atomic mass is 10.1. The van der Waals surface area contributed by atoms with Crippen molar-refractivity contribution in [3.05, 3.63) is 71.8 Å². The van der Waals surface area contributed by atoms with Crippen molar-refractivity contribution in [2.75, 3.05) is 0 Å². The number of rotatable bonds is 10. The van der Waals surface area contributed by atoms with Crippen LogP contribution >= 0.6 is 0 Å². The van der Waals surface area contributed by atoms with E-state index in [0.29, 0.717) is 13.0 Å². The molecule has 1 aliphatic heterocycles. The number of hydrogen-bond donors (Lipinski definition) is 0. The maximum atomic E-state index is 13.9. The average Bonchev–Trinajstić information content (AvgIpc) is 3.03. The molecule has 180 valence electrons. The lowest BCUT2D eigenvalue weighted by molar-refractivity contribution is -0.251. The summed E-state index contributed by atoms with van der Waals surface area (Å²) in [4.78, 5) is 15.8. The fraction of sp³-hybridized carbons (Fsp3) is 0.536. The first kappa shape index (κ1) is 25.7. The van der Waals surface area contributed by atoms with Crippen LogP contribution in [-0.4, -0.2) is 25.0 Å². The average molecular weight is 468 g/mol. The highest BCUT2D eigenvalue weighted by atomic mass is 28.4. The maximum absolute atomic E-state index is 13.9. The van der Waals surface area contributed by atoms with E-state index < -0.39 is 20.3 Å². The normalized spacial score (nSPS) is 21.6. The van der Waals surface area contributed by atoms with Gasteiger partial charge < -0.3 is 9.16 Å². The van der Waals surface area contributed by atoms with E-state index in [1.54, 1.807) is 0 Å².